The van der Waals surface area contributed by atoms with E-state index in [9.17, 15) is 4.79 Å². The third kappa shape index (κ3) is 2.87. The molecule has 5 heteroatoms. The number of carbonyl (C=O) groups excluding carboxylic acids is 1. The third-order valence-electron chi connectivity index (χ3n) is 3.94. The van der Waals surface area contributed by atoms with Crippen LogP contribution in [0.4, 0.5) is 0 Å². The van der Waals surface area contributed by atoms with Crippen LogP contribution in [-0.4, -0.2) is 27.0 Å². The lowest BCUT2D eigenvalue weighted by atomic mass is 9.90. The molecule has 3 N–H and O–H groups in total. The van der Waals surface area contributed by atoms with Crippen molar-refractivity contribution in [3.63, 3.8) is 0 Å². The zero-order valence-corrected chi connectivity index (χ0v) is 12.9. The van der Waals surface area contributed by atoms with E-state index >= 15 is 0 Å². The molecule has 1 aliphatic carbocycles. The number of nitrogens with two attached hydrogens (primary N) is 1. The molecule has 0 bridgehead atoms. The molecule has 20 heavy (non-hydrogen) atoms. The minimum atomic E-state index is -0.654. The summed E-state index contributed by atoms with van der Waals surface area (Å²) in [5, 5.41) is 3.44. The van der Waals surface area contributed by atoms with Crippen molar-refractivity contribution in [3.05, 3.63) is 18.2 Å². The molecule has 2 rings (SSSR count). The highest BCUT2D eigenvalue weighted by Gasteiger charge is 2.50. The van der Waals surface area contributed by atoms with Crippen molar-refractivity contribution in [2.75, 3.05) is 0 Å². The van der Waals surface area contributed by atoms with Gasteiger partial charge in [0.25, 0.3) is 0 Å². The predicted molar refractivity (Wildman–Crippen MR) is 79.2 cm³/mol. The standard InChI is InChI=1S/C15H26N4O/c1-10(2)13-17-7-8-19(13)9-15(14(16)20,12-5-6-12)18-11(3)4/h7-8,10-12,18H,5-6,9H2,1-4H3,(H2,16,20). The molecule has 112 valence electrons. The monoisotopic (exact) mass is 278 g/mol. The Bertz CT molecular complexity index is 476. The maximum Gasteiger partial charge on any atom is 0.239 e. The fourth-order valence-corrected chi connectivity index (χ4v) is 2.96. The number of hydrogen-bond acceptors (Lipinski definition) is 3. The molecular formula is C15H26N4O. The van der Waals surface area contributed by atoms with E-state index in [4.69, 9.17) is 5.73 Å². The molecule has 1 aromatic heterocycles. The smallest absolute Gasteiger partial charge is 0.239 e. The lowest BCUT2D eigenvalue weighted by Gasteiger charge is -2.35. The molecule has 0 saturated heterocycles. The number of nitrogens with zero attached hydrogens (tertiary/aromatic N) is 2. The van der Waals surface area contributed by atoms with Crippen LogP contribution in [0.1, 0.15) is 52.3 Å². The van der Waals surface area contributed by atoms with Gasteiger partial charge in [-0.05, 0) is 32.6 Å². The summed E-state index contributed by atoms with van der Waals surface area (Å²) in [6.07, 6.45) is 5.86. The van der Waals surface area contributed by atoms with Crippen LogP contribution in [0.15, 0.2) is 12.4 Å². The zero-order chi connectivity index (χ0) is 14.9. The SMILES string of the molecule is CC(C)NC(Cn1ccnc1C(C)C)(C(N)=O)C1CC1. The van der Waals surface area contributed by atoms with Gasteiger partial charge in [-0.1, -0.05) is 13.8 Å². The Labute approximate surface area is 120 Å². The van der Waals surface area contributed by atoms with Crippen molar-refractivity contribution in [2.45, 2.75) is 64.6 Å². The Morgan fingerprint density at radius 3 is 2.60 bits per heavy atom. The van der Waals surface area contributed by atoms with Crippen LogP contribution < -0.4 is 11.1 Å². The van der Waals surface area contributed by atoms with E-state index in [0.29, 0.717) is 18.4 Å². The zero-order valence-electron chi connectivity index (χ0n) is 12.9. The van der Waals surface area contributed by atoms with Crippen molar-refractivity contribution < 1.29 is 4.79 Å². The molecule has 1 aliphatic rings. The van der Waals surface area contributed by atoms with E-state index in [1.807, 2.05) is 6.20 Å². The fourth-order valence-electron chi connectivity index (χ4n) is 2.96. The van der Waals surface area contributed by atoms with Gasteiger partial charge in [-0.25, -0.2) is 4.98 Å². The summed E-state index contributed by atoms with van der Waals surface area (Å²) < 4.78 is 2.07. The molecule has 0 spiro atoms. The molecular weight excluding hydrogens is 252 g/mol. The minimum absolute atomic E-state index is 0.217. The first-order chi connectivity index (χ1) is 9.36. The van der Waals surface area contributed by atoms with Gasteiger partial charge in [0.2, 0.25) is 5.91 Å². The highest BCUT2D eigenvalue weighted by molar-refractivity contribution is 5.85. The number of carbonyl (C=O) groups is 1. The molecule has 5 nitrogen and oxygen atoms in total. The summed E-state index contributed by atoms with van der Waals surface area (Å²) >= 11 is 0. The van der Waals surface area contributed by atoms with E-state index in [1.54, 1.807) is 6.20 Å². The van der Waals surface area contributed by atoms with E-state index in [0.717, 1.165) is 18.7 Å². The maximum atomic E-state index is 12.2. The Morgan fingerprint density at radius 2 is 2.15 bits per heavy atom. The minimum Gasteiger partial charge on any atom is -0.368 e. The summed E-state index contributed by atoms with van der Waals surface area (Å²) in [5.41, 5.74) is 5.11. The van der Waals surface area contributed by atoms with Gasteiger partial charge in [0.05, 0.1) is 6.54 Å². The van der Waals surface area contributed by atoms with Gasteiger partial charge in [-0.3, -0.25) is 10.1 Å². The largest absolute Gasteiger partial charge is 0.368 e. The van der Waals surface area contributed by atoms with Crippen LogP contribution in [0.5, 0.6) is 0 Å². The summed E-state index contributed by atoms with van der Waals surface area (Å²) in [6, 6.07) is 0.217. The molecule has 0 aliphatic heterocycles. The van der Waals surface area contributed by atoms with Gasteiger partial charge >= 0.3 is 0 Å². The maximum absolute atomic E-state index is 12.2. The predicted octanol–water partition coefficient (Wildman–Crippen LogP) is 1.64. The summed E-state index contributed by atoms with van der Waals surface area (Å²) in [4.78, 5) is 16.6. The molecule has 1 unspecified atom stereocenters. The first kappa shape index (κ1) is 15.0. The summed E-state index contributed by atoms with van der Waals surface area (Å²) in [6.45, 7) is 8.89. The number of aromatic nitrogens is 2. The molecule has 1 atom stereocenters. The number of amides is 1. The summed E-state index contributed by atoms with van der Waals surface area (Å²) in [5.74, 6) is 1.41. The van der Waals surface area contributed by atoms with Gasteiger partial charge in [-0.2, -0.15) is 0 Å². The van der Waals surface area contributed by atoms with Crippen LogP contribution >= 0.6 is 0 Å². The molecule has 0 radical (unpaired) electrons. The first-order valence-corrected chi connectivity index (χ1v) is 7.45. The quantitative estimate of drug-likeness (QED) is 0.796. The Morgan fingerprint density at radius 1 is 1.50 bits per heavy atom. The Kier molecular flexibility index (Phi) is 4.18. The van der Waals surface area contributed by atoms with E-state index in [1.165, 1.54) is 0 Å². The van der Waals surface area contributed by atoms with Gasteiger partial charge < -0.3 is 10.3 Å². The second-order valence-corrected chi connectivity index (χ2v) is 6.48. The number of hydrogen-bond donors (Lipinski definition) is 2. The summed E-state index contributed by atoms with van der Waals surface area (Å²) in [7, 11) is 0. The molecule has 1 saturated carbocycles. The highest BCUT2D eigenvalue weighted by atomic mass is 16.1. The molecule has 1 fully saturated rings. The van der Waals surface area contributed by atoms with Crippen molar-refractivity contribution in [1.29, 1.82) is 0 Å². The number of rotatable bonds is 7. The fraction of sp³-hybridized carbons (Fsp3) is 0.733. The van der Waals surface area contributed by atoms with Crippen molar-refractivity contribution in [3.8, 4) is 0 Å². The Balaban J connectivity index is 2.31. The topological polar surface area (TPSA) is 72.9 Å². The second kappa shape index (κ2) is 5.56. The van der Waals surface area contributed by atoms with Crippen LogP contribution in [0, 0.1) is 5.92 Å². The van der Waals surface area contributed by atoms with Gasteiger partial charge in [-0.15, -0.1) is 0 Å². The van der Waals surface area contributed by atoms with Gasteiger partial charge in [0.15, 0.2) is 0 Å². The molecule has 1 aromatic rings. The van der Waals surface area contributed by atoms with Crippen molar-refractivity contribution in [2.24, 2.45) is 11.7 Å². The van der Waals surface area contributed by atoms with E-state index in [-0.39, 0.29) is 11.9 Å². The molecule has 1 amide bonds. The van der Waals surface area contributed by atoms with Gasteiger partial charge in [0.1, 0.15) is 11.4 Å². The average Bonchev–Trinajstić information content (AvgIpc) is 3.08. The second-order valence-electron chi connectivity index (χ2n) is 6.48. The third-order valence-corrected chi connectivity index (χ3v) is 3.94. The first-order valence-electron chi connectivity index (χ1n) is 7.45. The van der Waals surface area contributed by atoms with Crippen LogP contribution in [-0.2, 0) is 11.3 Å². The lowest BCUT2D eigenvalue weighted by molar-refractivity contribution is -0.126. The van der Waals surface area contributed by atoms with E-state index < -0.39 is 5.54 Å². The van der Waals surface area contributed by atoms with Crippen LogP contribution in [0.2, 0.25) is 0 Å². The highest BCUT2D eigenvalue weighted by Crippen LogP contribution is 2.41. The normalized spacial score (nSPS) is 18.5. The molecule has 0 aromatic carbocycles. The average molecular weight is 278 g/mol. The van der Waals surface area contributed by atoms with Crippen LogP contribution in [0.25, 0.3) is 0 Å². The van der Waals surface area contributed by atoms with Crippen molar-refractivity contribution >= 4 is 5.91 Å². The van der Waals surface area contributed by atoms with Crippen molar-refractivity contribution in [1.82, 2.24) is 14.9 Å². The van der Waals surface area contributed by atoms with Crippen LogP contribution in [0.3, 0.4) is 0 Å². The number of nitrogens with one attached hydrogen (secondary N) is 1. The number of imidazole rings is 1. The number of primary amides is 1. The van der Waals surface area contributed by atoms with Gasteiger partial charge in [0, 0.05) is 24.4 Å². The molecule has 1 heterocycles. The lowest BCUT2D eigenvalue weighted by Crippen LogP contribution is -2.61. The Hall–Kier alpha value is -1.36. The van der Waals surface area contributed by atoms with E-state index in [2.05, 4.69) is 42.6 Å².